The number of hydrogen-bond acceptors (Lipinski definition) is 1. The van der Waals surface area contributed by atoms with Gasteiger partial charge in [-0.2, -0.15) is 0 Å². The molecular formula is C14H20N2. The van der Waals surface area contributed by atoms with Crippen molar-refractivity contribution in [3.05, 3.63) is 36.0 Å². The normalized spacial score (nSPS) is 11.9. The molecular weight excluding hydrogens is 196 g/mol. The number of benzene rings is 1. The van der Waals surface area contributed by atoms with E-state index in [0.29, 0.717) is 6.04 Å². The van der Waals surface area contributed by atoms with Crippen molar-refractivity contribution in [3.8, 4) is 0 Å². The van der Waals surface area contributed by atoms with Crippen LogP contribution < -0.4 is 0 Å². The predicted octanol–water partition coefficient (Wildman–Crippen LogP) is 3.28. The molecule has 0 saturated carbocycles. The highest BCUT2D eigenvalue weighted by Gasteiger charge is 2.11. The van der Waals surface area contributed by atoms with Gasteiger partial charge in [-0.15, -0.1) is 0 Å². The van der Waals surface area contributed by atoms with Gasteiger partial charge in [0, 0.05) is 23.8 Å². The van der Waals surface area contributed by atoms with Gasteiger partial charge in [0.1, 0.15) is 0 Å². The zero-order chi connectivity index (χ0) is 11.7. The number of rotatable bonds is 3. The summed E-state index contributed by atoms with van der Waals surface area (Å²) in [5, 5.41) is 1.34. The van der Waals surface area contributed by atoms with E-state index in [9.17, 15) is 0 Å². The van der Waals surface area contributed by atoms with Crippen LogP contribution in [0.5, 0.6) is 0 Å². The summed E-state index contributed by atoms with van der Waals surface area (Å²) in [6.07, 6.45) is 0. The third kappa shape index (κ3) is 1.98. The summed E-state index contributed by atoms with van der Waals surface area (Å²) < 4.78 is 2.43. The van der Waals surface area contributed by atoms with Crippen LogP contribution in [0.2, 0.25) is 0 Å². The fraction of sp³-hybridized carbons (Fsp3) is 0.429. The molecule has 1 aromatic carbocycles. The van der Waals surface area contributed by atoms with Crippen LogP contribution in [0.3, 0.4) is 0 Å². The van der Waals surface area contributed by atoms with E-state index in [1.165, 1.54) is 16.6 Å². The molecule has 0 saturated heterocycles. The fourth-order valence-electron chi connectivity index (χ4n) is 2.29. The van der Waals surface area contributed by atoms with Crippen molar-refractivity contribution in [1.29, 1.82) is 0 Å². The van der Waals surface area contributed by atoms with Gasteiger partial charge in [0.2, 0.25) is 0 Å². The number of fused-ring (bicyclic) bond motifs is 1. The van der Waals surface area contributed by atoms with Crippen molar-refractivity contribution < 1.29 is 0 Å². The topological polar surface area (TPSA) is 8.17 Å². The highest BCUT2D eigenvalue weighted by atomic mass is 15.1. The first kappa shape index (κ1) is 11.2. The molecule has 0 radical (unpaired) electrons. The molecule has 86 valence electrons. The molecule has 2 heteroatoms. The van der Waals surface area contributed by atoms with Crippen LogP contribution in [0.1, 0.15) is 25.6 Å². The Labute approximate surface area is 97.5 Å². The summed E-state index contributed by atoms with van der Waals surface area (Å²) in [6, 6.07) is 11.4. The fourth-order valence-corrected chi connectivity index (χ4v) is 2.29. The van der Waals surface area contributed by atoms with E-state index in [4.69, 9.17) is 0 Å². The van der Waals surface area contributed by atoms with E-state index in [2.05, 4.69) is 67.7 Å². The monoisotopic (exact) mass is 216 g/mol. The maximum Gasteiger partial charge on any atom is 0.0485 e. The summed E-state index contributed by atoms with van der Waals surface area (Å²) in [5.74, 6) is 0. The first-order chi connectivity index (χ1) is 7.59. The Morgan fingerprint density at radius 1 is 1.19 bits per heavy atom. The van der Waals surface area contributed by atoms with Crippen molar-refractivity contribution in [2.24, 2.45) is 0 Å². The highest BCUT2D eigenvalue weighted by molar-refractivity contribution is 5.81. The molecule has 0 N–H and O–H groups in total. The van der Waals surface area contributed by atoms with Crippen molar-refractivity contribution in [2.45, 2.75) is 26.4 Å². The van der Waals surface area contributed by atoms with E-state index >= 15 is 0 Å². The molecule has 0 aliphatic carbocycles. The third-order valence-electron chi connectivity index (χ3n) is 2.82. The molecule has 1 heterocycles. The second-order valence-corrected chi connectivity index (χ2v) is 4.90. The minimum Gasteiger partial charge on any atom is -0.341 e. The SMILES string of the molecule is CC(C)n1c(CN(C)C)cc2ccccc21. The van der Waals surface area contributed by atoms with Gasteiger partial charge in [-0.3, -0.25) is 0 Å². The molecule has 0 atom stereocenters. The largest absolute Gasteiger partial charge is 0.341 e. The summed E-state index contributed by atoms with van der Waals surface area (Å²) in [6.45, 7) is 5.48. The molecule has 0 bridgehead atoms. The third-order valence-corrected chi connectivity index (χ3v) is 2.82. The Kier molecular flexibility index (Phi) is 3.01. The van der Waals surface area contributed by atoms with Gasteiger partial charge in [0.15, 0.2) is 0 Å². The van der Waals surface area contributed by atoms with E-state index in [1.54, 1.807) is 0 Å². The van der Waals surface area contributed by atoms with Crippen LogP contribution in [0, 0.1) is 0 Å². The summed E-state index contributed by atoms with van der Waals surface area (Å²) in [5.41, 5.74) is 2.73. The van der Waals surface area contributed by atoms with E-state index < -0.39 is 0 Å². The smallest absolute Gasteiger partial charge is 0.0485 e. The Hall–Kier alpha value is -1.28. The van der Waals surface area contributed by atoms with Gasteiger partial charge in [-0.25, -0.2) is 0 Å². The number of hydrogen-bond donors (Lipinski definition) is 0. The molecule has 0 amide bonds. The molecule has 0 aliphatic heterocycles. The average molecular weight is 216 g/mol. The van der Waals surface area contributed by atoms with Gasteiger partial charge in [-0.1, -0.05) is 18.2 Å². The molecule has 0 fully saturated rings. The van der Waals surface area contributed by atoms with Crippen LogP contribution in [0.25, 0.3) is 10.9 Å². The first-order valence-electron chi connectivity index (χ1n) is 5.83. The summed E-state index contributed by atoms with van der Waals surface area (Å²) >= 11 is 0. The number of aromatic nitrogens is 1. The summed E-state index contributed by atoms with van der Waals surface area (Å²) in [7, 11) is 4.23. The maximum absolute atomic E-state index is 2.43. The minimum absolute atomic E-state index is 0.509. The standard InChI is InChI=1S/C14H20N2/c1-11(2)16-13(10-15(3)4)9-12-7-5-6-8-14(12)16/h5-9,11H,10H2,1-4H3. The molecule has 0 spiro atoms. The lowest BCUT2D eigenvalue weighted by Gasteiger charge is -2.17. The van der Waals surface area contributed by atoms with Crippen LogP contribution in [0.15, 0.2) is 30.3 Å². The van der Waals surface area contributed by atoms with Crippen molar-refractivity contribution >= 4 is 10.9 Å². The molecule has 2 nitrogen and oxygen atoms in total. The highest BCUT2D eigenvalue weighted by Crippen LogP contribution is 2.24. The first-order valence-corrected chi connectivity index (χ1v) is 5.83. The van der Waals surface area contributed by atoms with Crippen LogP contribution in [-0.4, -0.2) is 23.6 Å². The number of para-hydroxylation sites is 1. The lowest BCUT2D eigenvalue weighted by atomic mass is 10.2. The summed E-state index contributed by atoms with van der Waals surface area (Å²) in [4.78, 5) is 2.22. The van der Waals surface area contributed by atoms with E-state index in [1.807, 2.05) is 0 Å². The van der Waals surface area contributed by atoms with Crippen LogP contribution >= 0.6 is 0 Å². The van der Waals surface area contributed by atoms with Gasteiger partial charge in [0.25, 0.3) is 0 Å². The zero-order valence-corrected chi connectivity index (χ0v) is 10.6. The minimum atomic E-state index is 0.509. The molecule has 0 unspecified atom stereocenters. The predicted molar refractivity (Wildman–Crippen MR) is 69.7 cm³/mol. The van der Waals surface area contributed by atoms with Crippen molar-refractivity contribution in [2.75, 3.05) is 14.1 Å². The average Bonchev–Trinajstić information content (AvgIpc) is 2.53. The van der Waals surface area contributed by atoms with Crippen LogP contribution in [0.4, 0.5) is 0 Å². The zero-order valence-electron chi connectivity index (χ0n) is 10.6. The van der Waals surface area contributed by atoms with Crippen molar-refractivity contribution in [1.82, 2.24) is 9.47 Å². The Morgan fingerprint density at radius 2 is 1.88 bits per heavy atom. The Bertz CT molecular complexity index is 480. The van der Waals surface area contributed by atoms with Gasteiger partial charge < -0.3 is 9.47 Å². The van der Waals surface area contributed by atoms with Crippen LogP contribution in [-0.2, 0) is 6.54 Å². The maximum atomic E-state index is 2.43. The molecule has 2 rings (SSSR count). The van der Waals surface area contributed by atoms with Gasteiger partial charge >= 0.3 is 0 Å². The second kappa shape index (κ2) is 4.30. The quantitative estimate of drug-likeness (QED) is 0.764. The Balaban J connectivity index is 2.58. The van der Waals surface area contributed by atoms with E-state index in [0.717, 1.165) is 6.54 Å². The second-order valence-electron chi connectivity index (χ2n) is 4.90. The lowest BCUT2D eigenvalue weighted by Crippen LogP contribution is -2.15. The van der Waals surface area contributed by atoms with Gasteiger partial charge in [0.05, 0.1) is 0 Å². The number of nitrogens with zero attached hydrogens (tertiary/aromatic N) is 2. The van der Waals surface area contributed by atoms with Crippen molar-refractivity contribution in [3.63, 3.8) is 0 Å². The molecule has 16 heavy (non-hydrogen) atoms. The Morgan fingerprint density at radius 3 is 2.50 bits per heavy atom. The van der Waals surface area contributed by atoms with E-state index in [-0.39, 0.29) is 0 Å². The molecule has 2 aromatic rings. The van der Waals surface area contributed by atoms with Gasteiger partial charge in [-0.05, 0) is 45.5 Å². The molecule has 0 aliphatic rings. The molecule has 1 aromatic heterocycles. The lowest BCUT2D eigenvalue weighted by molar-refractivity contribution is 0.384.